The molecule has 0 aliphatic carbocycles. The summed E-state index contributed by atoms with van der Waals surface area (Å²) in [5, 5.41) is 20.5. The van der Waals surface area contributed by atoms with Gasteiger partial charge in [0, 0.05) is 24.9 Å². The van der Waals surface area contributed by atoms with Crippen molar-refractivity contribution < 1.29 is 15.0 Å². The lowest BCUT2D eigenvalue weighted by Crippen LogP contribution is -2.49. The van der Waals surface area contributed by atoms with E-state index in [9.17, 15) is 4.79 Å². The number of ketones is 1. The monoisotopic (exact) mass is 210 g/mol. The number of nitrogens with zero attached hydrogens (tertiary/aromatic N) is 1. The molecule has 5 heteroatoms. The molecule has 1 aromatic heterocycles. The van der Waals surface area contributed by atoms with Gasteiger partial charge < -0.3 is 10.2 Å². The lowest BCUT2D eigenvalue weighted by Gasteiger charge is -2.22. The van der Waals surface area contributed by atoms with Gasteiger partial charge in [-0.1, -0.05) is 0 Å². The maximum absolute atomic E-state index is 11.7. The molecule has 82 valence electrons. The molecule has 1 aromatic rings. The quantitative estimate of drug-likeness (QED) is 0.477. The van der Waals surface area contributed by atoms with Gasteiger partial charge in [-0.25, -0.2) is 0 Å². The Morgan fingerprint density at radius 2 is 2.27 bits per heavy atom. The molecule has 1 heterocycles. The minimum Gasteiger partial charge on any atom is -0.354 e. The molecule has 1 rings (SSSR count). The first-order chi connectivity index (χ1) is 6.90. The van der Waals surface area contributed by atoms with E-state index in [0.29, 0.717) is 5.56 Å². The van der Waals surface area contributed by atoms with Crippen molar-refractivity contribution in [3.8, 4) is 0 Å². The van der Waals surface area contributed by atoms with Crippen molar-refractivity contribution >= 4 is 5.78 Å². The van der Waals surface area contributed by atoms with Crippen molar-refractivity contribution in [2.45, 2.75) is 25.8 Å². The molecule has 0 radical (unpaired) electrons. The fraction of sp³-hybridized carbons (Fsp3) is 0.400. The van der Waals surface area contributed by atoms with Crippen LogP contribution in [0.3, 0.4) is 0 Å². The number of nitrogens with one attached hydrogen (secondary N) is 1. The van der Waals surface area contributed by atoms with Crippen LogP contribution < -0.4 is 5.32 Å². The van der Waals surface area contributed by atoms with Crippen molar-refractivity contribution in [1.29, 1.82) is 0 Å². The second-order valence-corrected chi connectivity index (χ2v) is 3.49. The van der Waals surface area contributed by atoms with E-state index in [2.05, 4.69) is 10.3 Å². The van der Waals surface area contributed by atoms with Crippen LogP contribution in [0.25, 0.3) is 0 Å². The molecule has 0 saturated carbocycles. The standard InChI is InChI=1S/C10H14N2O3/c1-7(12-10(2,14)15)9(13)8-4-3-5-11-6-8/h3-7,12,14-15H,1-2H3. The number of pyridine rings is 1. The van der Waals surface area contributed by atoms with Crippen LogP contribution in [0.2, 0.25) is 0 Å². The molecular formula is C10H14N2O3. The summed E-state index contributed by atoms with van der Waals surface area (Å²) in [6.45, 7) is 2.71. The Morgan fingerprint density at radius 1 is 1.60 bits per heavy atom. The molecule has 5 nitrogen and oxygen atoms in total. The van der Waals surface area contributed by atoms with Crippen LogP contribution >= 0.6 is 0 Å². The minimum atomic E-state index is -2.06. The largest absolute Gasteiger partial charge is 0.354 e. The Kier molecular flexibility index (Phi) is 3.52. The fourth-order valence-corrected chi connectivity index (χ4v) is 1.23. The molecule has 0 aromatic carbocycles. The van der Waals surface area contributed by atoms with E-state index < -0.39 is 12.0 Å². The second kappa shape index (κ2) is 4.48. The molecule has 0 bridgehead atoms. The first kappa shape index (κ1) is 11.8. The normalized spacial score (nSPS) is 13.6. The highest BCUT2D eigenvalue weighted by molar-refractivity contribution is 5.99. The van der Waals surface area contributed by atoms with Crippen LogP contribution in [-0.2, 0) is 0 Å². The van der Waals surface area contributed by atoms with E-state index in [1.54, 1.807) is 25.3 Å². The van der Waals surface area contributed by atoms with Gasteiger partial charge in [0.15, 0.2) is 5.78 Å². The zero-order valence-corrected chi connectivity index (χ0v) is 8.64. The summed E-state index contributed by atoms with van der Waals surface area (Å²) in [6, 6.07) is 2.59. The Labute approximate surface area is 87.8 Å². The molecule has 0 amide bonds. The zero-order chi connectivity index (χ0) is 11.5. The second-order valence-electron chi connectivity index (χ2n) is 3.49. The highest BCUT2D eigenvalue weighted by Crippen LogP contribution is 2.03. The highest BCUT2D eigenvalue weighted by atomic mass is 16.5. The van der Waals surface area contributed by atoms with Crippen LogP contribution in [0, 0.1) is 0 Å². The van der Waals surface area contributed by atoms with Crippen LogP contribution in [0.4, 0.5) is 0 Å². The third kappa shape index (κ3) is 3.75. The summed E-state index contributed by atoms with van der Waals surface area (Å²) >= 11 is 0. The first-order valence-electron chi connectivity index (χ1n) is 4.57. The number of Topliss-reactive ketones (excluding diaryl/α,β-unsaturated/α-hetero) is 1. The smallest absolute Gasteiger partial charge is 0.219 e. The molecule has 0 aliphatic rings. The number of aromatic nitrogens is 1. The number of hydrogen-bond acceptors (Lipinski definition) is 5. The average Bonchev–Trinajstić information content (AvgIpc) is 2.15. The molecule has 0 spiro atoms. The predicted molar refractivity (Wildman–Crippen MR) is 54.0 cm³/mol. The summed E-state index contributed by atoms with van der Waals surface area (Å²) in [5.74, 6) is -2.30. The lowest BCUT2D eigenvalue weighted by molar-refractivity contribution is -0.172. The summed E-state index contributed by atoms with van der Waals surface area (Å²) in [6.07, 6.45) is 3.00. The maximum Gasteiger partial charge on any atom is 0.219 e. The summed E-state index contributed by atoms with van der Waals surface area (Å²) < 4.78 is 0. The number of aliphatic hydroxyl groups is 2. The van der Waals surface area contributed by atoms with Gasteiger partial charge in [0.05, 0.1) is 6.04 Å². The molecule has 1 unspecified atom stereocenters. The van der Waals surface area contributed by atoms with E-state index in [1.807, 2.05) is 0 Å². The number of carbonyl (C=O) groups excluding carboxylic acids is 1. The molecule has 0 aliphatic heterocycles. The SMILES string of the molecule is CC(NC(C)(O)O)C(=O)c1cccnc1. The number of hydrogen-bond donors (Lipinski definition) is 3. The van der Waals surface area contributed by atoms with Crippen molar-refractivity contribution in [3.63, 3.8) is 0 Å². The van der Waals surface area contributed by atoms with Crippen LogP contribution in [0.1, 0.15) is 24.2 Å². The van der Waals surface area contributed by atoms with Crippen molar-refractivity contribution in [2.75, 3.05) is 0 Å². The average molecular weight is 210 g/mol. The Hall–Kier alpha value is -1.30. The molecule has 0 saturated heterocycles. The molecular weight excluding hydrogens is 196 g/mol. The molecule has 3 N–H and O–H groups in total. The summed E-state index contributed by atoms with van der Waals surface area (Å²) in [5.41, 5.74) is 0.432. The van der Waals surface area contributed by atoms with Crippen LogP contribution in [0.5, 0.6) is 0 Å². The summed E-state index contributed by atoms with van der Waals surface area (Å²) in [4.78, 5) is 15.5. The van der Waals surface area contributed by atoms with Crippen molar-refractivity contribution in [1.82, 2.24) is 10.3 Å². The van der Waals surface area contributed by atoms with E-state index in [1.165, 1.54) is 6.20 Å². The number of rotatable bonds is 4. The van der Waals surface area contributed by atoms with Gasteiger partial charge in [-0.05, 0) is 19.1 Å². The van der Waals surface area contributed by atoms with Gasteiger partial charge >= 0.3 is 0 Å². The van der Waals surface area contributed by atoms with Crippen LogP contribution in [-0.4, -0.2) is 32.9 Å². The van der Waals surface area contributed by atoms with E-state index in [0.717, 1.165) is 6.92 Å². The van der Waals surface area contributed by atoms with E-state index >= 15 is 0 Å². The third-order valence-corrected chi connectivity index (χ3v) is 1.83. The minimum absolute atomic E-state index is 0.238. The first-order valence-corrected chi connectivity index (χ1v) is 4.57. The predicted octanol–water partition coefficient (Wildman–Crippen LogP) is -0.0993. The van der Waals surface area contributed by atoms with Crippen molar-refractivity contribution in [2.24, 2.45) is 0 Å². The molecule has 15 heavy (non-hydrogen) atoms. The Balaban J connectivity index is 2.70. The lowest BCUT2D eigenvalue weighted by atomic mass is 10.1. The van der Waals surface area contributed by atoms with Gasteiger partial charge in [-0.3, -0.25) is 15.1 Å². The van der Waals surface area contributed by atoms with Gasteiger partial charge in [0.25, 0.3) is 0 Å². The van der Waals surface area contributed by atoms with E-state index in [-0.39, 0.29) is 5.78 Å². The van der Waals surface area contributed by atoms with Crippen molar-refractivity contribution in [3.05, 3.63) is 30.1 Å². The van der Waals surface area contributed by atoms with Crippen LogP contribution in [0.15, 0.2) is 24.5 Å². The topological polar surface area (TPSA) is 82.5 Å². The van der Waals surface area contributed by atoms with Gasteiger partial charge in [-0.15, -0.1) is 0 Å². The Bertz CT molecular complexity index is 332. The third-order valence-electron chi connectivity index (χ3n) is 1.83. The van der Waals surface area contributed by atoms with E-state index in [4.69, 9.17) is 10.2 Å². The fourth-order valence-electron chi connectivity index (χ4n) is 1.23. The zero-order valence-electron chi connectivity index (χ0n) is 8.64. The molecule has 0 fully saturated rings. The molecule has 1 atom stereocenters. The van der Waals surface area contributed by atoms with Gasteiger partial charge in [-0.2, -0.15) is 0 Å². The maximum atomic E-state index is 11.7. The highest BCUT2D eigenvalue weighted by Gasteiger charge is 2.23. The van der Waals surface area contributed by atoms with Gasteiger partial charge in [0.1, 0.15) is 0 Å². The summed E-state index contributed by atoms with van der Waals surface area (Å²) in [7, 11) is 0. The van der Waals surface area contributed by atoms with Gasteiger partial charge in [0.2, 0.25) is 5.91 Å². The number of carbonyl (C=O) groups is 1. The Morgan fingerprint density at radius 3 is 2.73 bits per heavy atom.